The Morgan fingerprint density at radius 3 is 2.72 bits per heavy atom. The van der Waals surface area contributed by atoms with Crippen LogP contribution in [0.15, 0.2) is 42.5 Å². The maximum Gasteiger partial charge on any atom is 0.183 e. The van der Waals surface area contributed by atoms with Crippen LogP contribution in [-0.2, 0) is 13.0 Å². The predicted octanol–water partition coefficient (Wildman–Crippen LogP) is 4.97. The van der Waals surface area contributed by atoms with Gasteiger partial charge >= 0.3 is 0 Å². The van der Waals surface area contributed by atoms with Crippen LogP contribution in [0.4, 0.5) is 4.39 Å². The zero-order chi connectivity index (χ0) is 17.6. The number of halogens is 1. The zero-order valence-corrected chi connectivity index (χ0v) is 15.2. The molecule has 0 saturated heterocycles. The van der Waals surface area contributed by atoms with E-state index in [1.165, 1.54) is 36.1 Å². The van der Waals surface area contributed by atoms with Gasteiger partial charge in [0.2, 0.25) is 0 Å². The number of fused-ring (bicyclic) bond motifs is 1. The fourth-order valence-electron chi connectivity index (χ4n) is 3.59. The number of methoxy groups -OCH3 is 1. The van der Waals surface area contributed by atoms with Gasteiger partial charge in [-0.05, 0) is 42.3 Å². The molecule has 0 saturated carbocycles. The van der Waals surface area contributed by atoms with Crippen molar-refractivity contribution < 1.29 is 13.7 Å². The first-order valence-electron chi connectivity index (χ1n) is 9.24. The fraction of sp³-hybridized carbons (Fsp3) is 0.409. The number of unbranched alkanes of at least 4 members (excludes halogenated alkanes) is 2. The lowest BCUT2D eigenvalue weighted by Crippen LogP contribution is -2.30. The van der Waals surface area contributed by atoms with Gasteiger partial charge in [-0.1, -0.05) is 31.9 Å². The van der Waals surface area contributed by atoms with Gasteiger partial charge in [-0.2, -0.15) is 0 Å². The Morgan fingerprint density at radius 2 is 1.96 bits per heavy atom. The molecule has 3 rings (SSSR count). The minimum atomic E-state index is -0.115. The topological polar surface area (TPSA) is 12.2 Å². The molecule has 0 N–H and O–H groups in total. The summed E-state index contributed by atoms with van der Waals surface area (Å²) in [5.41, 5.74) is 4.77. The Morgan fingerprint density at radius 1 is 1.12 bits per heavy atom. The van der Waals surface area contributed by atoms with E-state index in [2.05, 4.69) is 23.6 Å². The maximum atomic E-state index is 14.1. The number of hydrogen-bond donors (Lipinski definition) is 0. The Hall–Kier alpha value is -2.16. The first-order chi connectivity index (χ1) is 12.2. The average molecular weight is 340 g/mol. The van der Waals surface area contributed by atoms with Crippen LogP contribution < -0.4 is 4.74 Å². The second-order valence-corrected chi connectivity index (χ2v) is 6.69. The molecule has 1 aliphatic rings. The first-order valence-corrected chi connectivity index (χ1v) is 9.24. The monoisotopic (exact) mass is 340 g/mol. The second kappa shape index (κ2) is 8.28. The van der Waals surface area contributed by atoms with Crippen LogP contribution in [0.3, 0.4) is 0 Å². The van der Waals surface area contributed by atoms with Crippen molar-refractivity contribution in [2.45, 2.75) is 45.6 Å². The highest BCUT2D eigenvalue weighted by Crippen LogP contribution is 2.25. The van der Waals surface area contributed by atoms with Crippen LogP contribution in [0.1, 0.15) is 49.3 Å². The Labute approximate surface area is 150 Å². The molecule has 2 nitrogen and oxygen atoms in total. The van der Waals surface area contributed by atoms with E-state index in [0.717, 1.165) is 30.7 Å². The molecular weight excluding hydrogens is 313 g/mol. The van der Waals surface area contributed by atoms with E-state index in [0.29, 0.717) is 6.54 Å². The summed E-state index contributed by atoms with van der Waals surface area (Å²) in [5.74, 6) is 0.796. The van der Waals surface area contributed by atoms with Crippen molar-refractivity contribution in [3.8, 4) is 5.75 Å². The molecule has 2 aromatic carbocycles. The van der Waals surface area contributed by atoms with Gasteiger partial charge in [0.15, 0.2) is 12.3 Å². The highest BCUT2D eigenvalue weighted by Gasteiger charge is 2.26. The Kier molecular flexibility index (Phi) is 5.85. The van der Waals surface area contributed by atoms with Gasteiger partial charge in [0.25, 0.3) is 0 Å². The molecule has 3 heteroatoms. The molecule has 132 valence electrons. The molecule has 0 fully saturated rings. The third-order valence-corrected chi connectivity index (χ3v) is 4.99. The molecule has 0 atom stereocenters. The van der Waals surface area contributed by atoms with Crippen molar-refractivity contribution in [3.05, 3.63) is 65.0 Å². The van der Waals surface area contributed by atoms with E-state index in [9.17, 15) is 4.39 Å². The van der Waals surface area contributed by atoms with E-state index in [1.807, 2.05) is 18.2 Å². The van der Waals surface area contributed by atoms with Crippen LogP contribution in [0.2, 0.25) is 0 Å². The number of benzene rings is 2. The quantitative estimate of drug-likeness (QED) is 0.512. The van der Waals surface area contributed by atoms with Crippen molar-refractivity contribution in [2.24, 2.45) is 0 Å². The third kappa shape index (κ3) is 4.09. The molecule has 1 heterocycles. The molecule has 0 radical (unpaired) electrons. The molecule has 0 amide bonds. The van der Waals surface area contributed by atoms with Gasteiger partial charge in [0.05, 0.1) is 12.7 Å². The van der Waals surface area contributed by atoms with Crippen LogP contribution in [0.25, 0.3) is 0 Å². The van der Waals surface area contributed by atoms with E-state index in [-0.39, 0.29) is 5.82 Å². The Bertz CT molecular complexity index is 766. The van der Waals surface area contributed by atoms with E-state index >= 15 is 0 Å². The second-order valence-electron chi connectivity index (χ2n) is 6.69. The maximum absolute atomic E-state index is 14.1. The molecule has 0 aromatic heterocycles. The molecular formula is C22H27FNO+. The van der Waals surface area contributed by atoms with Crippen molar-refractivity contribution in [3.63, 3.8) is 0 Å². The summed E-state index contributed by atoms with van der Waals surface area (Å²) in [6.45, 7) is 3.79. The Balaban J connectivity index is 1.96. The number of nitrogens with zero attached hydrogens (tertiary/aromatic N) is 1. The first kappa shape index (κ1) is 17.7. The minimum absolute atomic E-state index is 0.115. The van der Waals surface area contributed by atoms with Gasteiger partial charge in [0, 0.05) is 18.4 Å². The van der Waals surface area contributed by atoms with Crippen LogP contribution in [0, 0.1) is 5.82 Å². The predicted molar refractivity (Wildman–Crippen MR) is 100 cm³/mol. The highest BCUT2D eigenvalue weighted by molar-refractivity contribution is 5.98. The number of ether oxygens (including phenoxy) is 1. The lowest BCUT2D eigenvalue weighted by Gasteiger charge is -2.20. The van der Waals surface area contributed by atoms with Gasteiger partial charge in [-0.15, -0.1) is 0 Å². The summed E-state index contributed by atoms with van der Waals surface area (Å²) in [6, 6.07) is 13.5. The van der Waals surface area contributed by atoms with Gasteiger partial charge < -0.3 is 4.74 Å². The third-order valence-electron chi connectivity index (χ3n) is 4.99. The van der Waals surface area contributed by atoms with Crippen molar-refractivity contribution >= 4 is 5.71 Å². The van der Waals surface area contributed by atoms with E-state index in [1.54, 1.807) is 19.2 Å². The SMILES string of the molecule is CCCCCC1=[N+](Cc2ccccc2F)CCc2cc(OC)ccc21. The van der Waals surface area contributed by atoms with Gasteiger partial charge in [-0.25, -0.2) is 8.97 Å². The van der Waals surface area contributed by atoms with Crippen molar-refractivity contribution in [1.29, 1.82) is 0 Å². The summed E-state index contributed by atoms with van der Waals surface area (Å²) < 4.78 is 21.9. The smallest absolute Gasteiger partial charge is 0.183 e. The van der Waals surface area contributed by atoms with Crippen LogP contribution >= 0.6 is 0 Å². The van der Waals surface area contributed by atoms with Crippen LogP contribution in [0.5, 0.6) is 5.75 Å². The highest BCUT2D eigenvalue weighted by atomic mass is 19.1. The van der Waals surface area contributed by atoms with Crippen LogP contribution in [-0.4, -0.2) is 23.9 Å². The number of hydrogen-bond acceptors (Lipinski definition) is 1. The van der Waals surface area contributed by atoms with Gasteiger partial charge in [0.1, 0.15) is 18.1 Å². The number of rotatable bonds is 7. The lowest BCUT2D eigenvalue weighted by molar-refractivity contribution is -0.546. The summed E-state index contributed by atoms with van der Waals surface area (Å²) >= 11 is 0. The molecule has 2 aromatic rings. The largest absolute Gasteiger partial charge is 0.497 e. The molecule has 1 aliphatic heterocycles. The lowest BCUT2D eigenvalue weighted by atomic mass is 9.93. The summed E-state index contributed by atoms with van der Waals surface area (Å²) in [4.78, 5) is 0. The molecule has 0 spiro atoms. The normalized spacial score (nSPS) is 13.7. The fourth-order valence-corrected chi connectivity index (χ4v) is 3.59. The molecule has 0 aliphatic carbocycles. The zero-order valence-electron chi connectivity index (χ0n) is 15.2. The summed E-state index contributed by atoms with van der Waals surface area (Å²) in [7, 11) is 1.71. The van der Waals surface area contributed by atoms with Crippen molar-refractivity contribution in [2.75, 3.05) is 13.7 Å². The van der Waals surface area contributed by atoms with Gasteiger partial charge in [-0.3, -0.25) is 0 Å². The standard InChI is InChI=1S/C22H27FNO/c1-3-4-5-10-22-20-12-11-19(25-2)15-17(20)13-14-24(22)16-18-8-6-7-9-21(18)23/h6-9,11-12,15H,3-5,10,13-14,16H2,1-2H3/q+1. The summed E-state index contributed by atoms with van der Waals surface area (Å²) in [6.07, 6.45) is 5.61. The average Bonchev–Trinajstić information content (AvgIpc) is 2.64. The molecule has 25 heavy (non-hydrogen) atoms. The molecule has 0 unspecified atom stereocenters. The van der Waals surface area contributed by atoms with E-state index in [4.69, 9.17) is 4.74 Å². The van der Waals surface area contributed by atoms with Crippen molar-refractivity contribution in [1.82, 2.24) is 0 Å². The minimum Gasteiger partial charge on any atom is -0.497 e. The van der Waals surface area contributed by atoms with E-state index < -0.39 is 0 Å². The summed E-state index contributed by atoms with van der Waals surface area (Å²) in [5, 5.41) is 0. The molecule has 0 bridgehead atoms.